The van der Waals surface area contributed by atoms with E-state index in [0.29, 0.717) is 23.7 Å². The third-order valence-electron chi connectivity index (χ3n) is 5.73. The highest BCUT2D eigenvalue weighted by atomic mass is 16.5. The first kappa shape index (κ1) is 18.1. The number of allylic oxidation sites excluding steroid dienone is 1. The summed E-state index contributed by atoms with van der Waals surface area (Å²) in [5, 5.41) is 10.9. The van der Waals surface area contributed by atoms with Crippen LogP contribution in [0.5, 0.6) is 0 Å². The van der Waals surface area contributed by atoms with E-state index < -0.39 is 6.10 Å². The van der Waals surface area contributed by atoms with Gasteiger partial charge in [0.05, 0.1) is 17.2 Å². The maximum atomic E-state index is 12.2. The number of aryl methyl sites for hydroxylation is 1. The predicted molar refractivity (Wildman–Crippen MR) is 102 cm³/mol. The second-order valence-corrected chi connectivity index (χ2v) is 7.72. The standard InChI is InChI=1S/C22H26O5/c1-5-6-14-9-18(23)27-17-10-16-20(24)12(3)13(4)26-21(16)15-8-7-11(2)25-22(15)19(14)17/h7-9,11-13,20,24H,5-6,10H2,1-4H3/t11?,12-,13?,20?/m1/s1. The third kappa shape index (κ3) is 2.94. The first-order valence-electron chi connectivity index (χ1n) is 9.74. The molecule has 0 aromatic carbocycles. The first-order chi connectivity index (χ1) is 12.9. The molecule has 5 heteroatoms. The van der Waals surface area contributed by atoms with Crippen LogP contribution in [-0.4, -0.2) is 23.4 Å². The van der Waals surface area contributed by atoms with Crippen molar-refractivity contribution in [1.29, 1.82) is 0 Å². The van der Waals surface area contributed by atoms with E-state index in [9.17, 15) is 9.90 Å². The summed E-state index contributed by atoms with van der Waals surface area (Å²) in [5.74, 6) is 1.85. The van der Waals surface area contributed by atoms with Gasteiger partial charge < -0.3 is 19.0 Å². The van der Waals surface area contributed by atoms with Gasteiger partial charge in [-0.15, -0.1) is 0 Å². The summed E-state index contributed by atoms with van der Waals surface area (Å²) in [6.45, 7) is 7.99. The largest absolute Gasteiger partial charge is 0.489 e. The number of aliphatic hydroxyl groups is 1. The smallest absolute Gasteiger partial charge is 0.336 e. The van der Waals surface area contributed by atoms with E-state index in [2.05, 4.69) is 6.92 Å². The van der Waals surface area contributed by atoms with Crippen molar-refractivity contribution in [2.45, 2.75) is 65.3 Å². The minimum absolute atomic E-state index is 0.0488. The van der Waals surface area contributed by atoms with E-state index in [4.69, 9.17) is 13.9 Å². The van der Waals surface area contributed by atoms with Gasteiger partial charge in [-0.2, -0.15) is 0 Å². The van der Waals surface area contributed by atoms with Gasteiger partial charge in [0.15, 0.2) is 0 Å². The lowest BCUT2D eigenvalue weighted by Crippen LogP contribution is -2.37. The zero-order valence-electron chi connectivity index (χ0n) is 16.2. The van der Waals surface area contributed by atoms with Crippen molar-refractivity contribution in [3.05, 3.63) is 62.4 Å². The Balaban J connectivity index is 2.01. The molecule has 144 valence electrons. The maximum Gasteiger partial charge on any atom is 0.336 e. The summed E-state index contributed by atoms with van der Waals surface area (Å²) in [7, 11) is 0. The van der Waals surface area contributed by atoms with Gasteiger partial charge in [0.25, 0.3) is 0 Å². The van der Waals surface area contributed by atoms with Gasteiger partial charge in [0, 0.05) is 24.0 Å². The molecule has 4 atom stereocenters. The van der Waals surface area contributed by atoms with Crippen LogP contribution in [0.2, 0.25) is 0 Å². The second-order valence-electron chi connectivity index (χ2n) is 7.72. The van der Waals surface area contributed by atoms with E-state index in [-0.39, 0.29) is 23.8 Å². The average Bonchev–Trinajstić information content (AvgIpc) is 2.74. The molecule has 5 nitrogen and oxygen atoms in total. The highest BCUT2D eigenvalue weighted by Gasteiger charge is 2.40. The summed E-state index contributed by atoms with van der Waals surface area (Å²) >= 11 is 0. The first-order valence-corrected chi connectivity index (χ1v) is 9.74. The summed E-state index contributed by atoms with van der Waals surface area (Å²) < 4.78 is 18.1. The predicted octanol–water partition coefficient (Wildman–Crippen LogP) is 3.50. The van der Waals surface area contributed by atoms with E-state index in [1.54, 1.807) is 6.07 Å². The van der Waals surface area contributed by atoms with E-state index in [1.165, 1.54) is 0 Å². The van der Waals surface area contributed by atoms with Crippen LogP contribution in [0.1, 0.15) is 51.0 Å². The average molecular weight is 370 g/mol. The van der Waals surface area contributed by atoms with Crippen LogP contribution in [0.4, 0.5) is 0 Å². The third-order valence-corrected chi connectivity index (χ3v) is 5.73. The highest BCUT2D eigenvalue weighted by molar-refractivity contribution is 5.76. The molecule has 3 unspecified atom stereocenters. The van der Waals surface area contributed by atoms with Crippen molar-refractivity contribution < 1.29 is 19.0 Å². The summed E-state index contributed by atoms with van der Waals surface area (Å²) in [4.78, 5) is 12.2. The van der Waals surface area contributed by atoms with Gasteiger partial charge >= 0.3 is 5.63 Å². The zero-order valence-corrected chi connectivity index (χ0v) is 16.2. The minimum Gasteiger partial charge on any atom is -0.489 e. The number of aliphatic hydroxyl groups excluding tert-OH is 1. The molecule has 1 aromatic rings. The Morgan fingerprint density at radius 1 is 1.19 bits per heavy atom. The Labute approximate surface area is 159 Å². The summed E-state index contributed by atoms with van der Waals surface area (Å²) in [6, 6.07) is 1.56. The van der Waals surface area contributed by atoms with Crippen LogP contribution in [0, 0.1) is 5.92 Å². The highest BCUT2D eigenvalue weighted by Crippen LogP contribution is 2.44. The SMILES string of the molecule is CCCc1cc(=O)oc2c1C1=C(C=CC(C)O1)C1=C(C2)C(O)[C@H](C)C(C)O1. The Hall–Kier alpha value is -2.27. The monoisotopic (exact) mass is 370 g/mol. The molecule has 0 amide bonds. The molecule has 0 saturated heterocycles. The molecule has 0 fully saturated rings. The molecule has 3 aliphatic rings. The van der Waals surface area contributed by atoms with Gasteiger partial charge in [0.1, 0.15) is 29.5 Å². The van der Waals surface area contributed by atoms with Crippen LogP contribution < -0.4 is 5.63 Å². The normalized spacial score (nSPS) is 29.4. The lowest BCUT2D eigenvalue weighted by atomic mass is 9.86. The Kier molecular flexibility index (Phi) is 4.50. The van der Waals surface area contributed by atoms with Gasteiger partial charge in [0.2, 0.25) is 0 Å². The zero-order chi connectivity index (χ0) is 19.3. The van der Waals surface area contributed by atoms with Crippen LogP contribution in [0.3, 0.4) is 0 Å². The summed E-state index contributed by atoms with van der Waals surface area (Å²) in [6.07, 6.45) is 5.12. The number of ether oxygens (including phenoxy) is 2. The van der Waals surface area contributed by atoms with Gasteiger partial charge in [-0.1, -0.05) is 20.3 Å². The molecule has 4 rings (SSSR count). The van der Waals surface area contributed by atoms with Crippen molar-refractivity contribution >= 4 is 5.76 Å². The van der Waals surface area contributed by atoms with Crippen molar-refractivity contribution in [3.63, 3.8) is 0 Å². The number of rotatable bonds is 2. The lowest BCUT2D eigenvalue weighted by molar-refractivity contribution is -0.000905. The van der Waals surface area contributed by atoms with E-state index >= 15 is 0 Å². The van der Waals surface area contributed by atoms with Crippen molar-refractivity contribution in [1.82, 2.24) is 0 Å². The van der Waals surface area contributed by atoms with Crippen molar-refractivity contribution in [2.24, 2.45) is 5.92 Å². The van der Waals surface area contributed by atoms with Crippen molar-refractivity contribution in [3.8, 4) is 0 Å². The fourth-order valence-corrected chi connectivity index (χ4v) is 4.10. The topological polar surface area (TPSA) is 68.9 Å². The molecule has 0 bridgehead atoms. The maximum absolute atomic E-state index is 12.2. The molecule has 0 spiro atoms. The molecule has 1 aliphatic carbocycles. The molecular weight excluding hydrogens is 344 g/mol. The fourth-order valence-electron chi connectivity index (χ4n) is 4.10. The van der Waals surface area contributed by atoms with Crippen molar-refractivity contribution in [2.75, 3.05) is 0 Å². The molecule has 27 heavy (non-hydrogen) atoms. The number of fused-ring (bicyclic) bond motifs is 3. The van der Waals surface area contributed by atoms with Crippen LogP contribution >= 0.6 is 0 Å². The van der Waals surface area contributed by atoms with Crippen LogP contribution in [0.15, 0.2) is 44.3 Å². The van der Waals surface area contributed by atoms with Gasteiger partial charge in [-0.25, -0.2) is 4.79 Å². The van der Waals surface area contributed by atoms with Crippen LogP contribution in [-0.2, 0) is 22.3 Å². The molecular formula is C22H26O5. The van der Waals surface area contributed by atoms with Gasteiger partial charge in [-0.3, -0.25) is 0 Å². The van der Waals surface area contributed by atoms with Crippen LogP contribution in [0.25, 0.3) is 5.76 Å². The minimum atomic E-state index is -0.656. The van der Waals surface area contributed by atoms with E-state index in [1.807, 2.05) is 32.9 Å². The molecule has 3 heterocycles. The molecule has 0 radical (unpaired) electrons. The quantitative estimate of drug-likeness (QED) is 0.863. The molecule has 1 aromatic heterocycles. The number of hydrogen-bond donors (Lipinski definition) is 1. The number of hydrogen-bond acceptors (Lipinski definition) is 5. The van der Waals surface area contributed by atoms with E-state index in [0.717, 1.165) is 35.1 Å². The molecule has 0 saturated carbocycles. The molecule has 2 aliphatic heterocycles. The molecule has 1 N–H and O–H groups in total. The van der Waals surface area contributed by atoms with Gasteiger partial charge in [-0.05, 0) is 38.0 Å². The Bertz CT molecular complexity index is 917. The Morgan fingerprint density at radius 3 is 2.70 bits per heavy atom. The summed E-state index contributed by atoms with van der Waals surface area (Å²) in [5.41, 5.74) is 2.98. The Morgan fingerprint density at radius 2 is 1.96 bits per heavy atom. The fraction of sp³-hybridized carbons (Fsp3) is 0.500. The lowest BCUT2D eigenvalue weighted by Gasteiger charge is -2.35. The second kappa shape index (κ2) is 6.71.